The van der Waals surface area contributed by atoms with Gasteiger partial charge in [-0.25, -0.2) is 0 Å². The van der Waals surface area contributed by atoms with Crippen LogP contribution in [0.25, 0.3) is 0 Å². The zero-order chi connectivity index (χ0) is 17.7. The lowest BCUT2D eigenvalue weighted by Gasteiger charge is -2.29. The molecule has 5 rings (SSSR count). The standard InChI is InChI=1S/C19H23NO6/c1-2-22-19(21)18-13-9-20(14(18)7-17-23-3-4-24-17)8-11-5-15-16(6-12(11)13)26-10-25-15/h5-6,13-14,17-18H,2-4,7-10H2,1H3/t13-,14-,18-/m0/s1. The Morgan fingerprint density at radius 3 is 2.77 bits per heavy atom. The van der Waals surface area contributed by atoms with E-state index in [0.717, 1.165) is 24.6 Å². The van der Waals surface area contributed by atoms with Crippen LogP contribution in [0.5, 0.6) is 11.5 Å². The molecule has 140 valence electrons. The number of esters is 1. The summed E-state index contributed by atoms with van der Waals surface area (Å²) in [7, 11) is 0. The van der Waals surface area contributed by atoms with E-state index in [4.69, 9.17) is 23.7 Å². The van der Waals surface area contributed by atoms with Gasteiger partial charge in [-0.2, -0.15) is 0 Å². The Labute approximate surface area is 152 Å². The summed E-state index contributed by atoms with van der Waals surface area (Å²) in [4.78, 5) is 15.2. The first-order valence-corrected chi connectivity index (χ1v) is 9.31. The second-order valence-electron chi connectivity index (χ2n) is 7.19. The number of rotatable bonds is 4. The molecule has 1 unspecified atom stereocenters. The lowest BCUT2D eigenvalue weighted by Crippen LogP contribution is -2.38. The number of nitrogens with zero attached hydrogens (tertiary/aromatic N) is 1. The molecule has 0 spiro atoms. The molecule has 0 radical (unpaired) electrons. The minimum atomic E-state index is -0.240. The fourth-order valence-corrected chi connectivity index (χ4v) is 4.77. The van der Waals surface area contributed by atoms with Crippen molar-refractivity contribution >= 4 is 5.97 Å². The molecule has 2 saturated heterocycles. The van der Waals surface area contributed by atoms with Crippen LogP contribution < -0.4 is 9.47 Å². The number of carbonyl (C=O) groups excluding carboxylic acids is 1. The molecule has 2 fully saturated rings. The predicted molar refractivity (Wildman–Crippen MR) is 89.9 cm³/mol. The number of carbonyl (C=O) groups is 1. The van der Waals surface area contributed by atoms with Gasteiger partial charge in [0, 0.05) is 31.5 Å². The zero-order valence-corrected chi connectivity index (χ0v) is 14.8. The molecule has 2 bridgehead atoms. The monoisotopic (exact) mass is 361 g/mol. The van der Waals surface area contributed by atoms with Gasteiger partial charge in [0.05, 0.1) is 25.7 Å². The van der Waals surface area contributed by atoms with Gasteiger partial charge in [-0.3, -0.25) is 9.69 Å². The summed E-state index contributed by atoms with van der Waals surface area (Å²) in [6, 6.07) is 4.16. The molecule has 0 saturated carbocycles. The average molecular weight is 361 g/mol. The van der Waals surface area contributed by atoms with Crippen LogP contribution in [0.15, 0.2) is 12.1 Å². The normalized spacial score (nSPS) is 31.9. The second-order valence-corrected chi connectivity index (χ2v) is 7.19. The van der Waals surface area contributed by atoms with E-state index in [-0.39, 0.29) is 36.9 Å². The second kappa shape index (κ2) is 6.40. The molecular weight excluding hydrogens is 338 g/mol. The van der Waals surface area contributed by atoms with Gasteiger partial charge in [0.15, 0.2) is 17.8 Å². The Hall–Kier alpha value is -1.83. The van der Waals surface area contributed by atoms with Crippen molar-refractivity contribution in [1.29, 1.82) is 0 Å². The van der Waals surface area contributed by atoms with E-state index in [1.54, 1.807) is 0 Å². The highest BCUT2D eigenvalue weighted by Gasteiger charge is 2.51. The Bertz CT molecular complexity index is 716. The largest absolute Gasteiger partial charge is 0.466 e. The Morgan fingerprint density at radius 2 is 2.00 bits per heavy atom. The van der Waals surface area contributed by atoms with Crippen molar-refractivity contribution in [3.8, 4) is 11.5 Å². The quantitative estimate of drug-likeness (QED) is 0.755. The summed E-state index contributed by atoms with van der Waals surface area (Å²) in [6.45, 7) is 5.36. The lowest BCUT2D eigenvalue weighted by molar-refractivity contribution is -0.150. The maximum atomic E-state index is 12.8. The van der Waals surface area contributed by atoms with Gasteiger partial charge in [0.2, 0.25) is 6.79 Å². The van der Waals surface area contributed by atoms with Gasteiger partial charge in [-0.1, -0.05) is 0 Å². The van der Waals surface area contributed by atoms with Gasteiger partial charge in [-0.15, -0.1) is 0 Å². The minimum Gasteiger partial charge on any atom is -0.466 e. The number of benzene rings is 1. The Balaban J connectivity index is 1.49. The molecule has 0 N–H and O–H groups in total. The highest BCUT2D eigenvalue weighted by molar-refractivity contribution is 5.76. The maximum Gasteiger partial charge on any atom is 0.311 e. The van der Waals surface area contributed by atoms with Crippen LogP contribution in [0.1, 0.15) is 30.4 Å². The minimum absolute atomic E-state index is 0.0474. The van der Waals surface area contributed by atoms with Crippen molar-refractivity contribution in [2.24, 2.45) is 5.92 Å². The third-order valence-electron chi connectivity index (χ3n) is 5.84. The predicted octanol–water partition coefficient (Wildman–Crippen LogP) is 1.64. The van der Waals surface area contributed by atoms with Gasteiger partial charge in [0.1, 0.15) is 0 Å². The Kier molecular flexibility index (Phi) is 4.03. The van der Waals surface area contributed by atoms with Crippen LogP contribution in [-0.2, 0) is 25.5 Å². The molecule has 7 nitrogen and oxygen atoms in total. The van der Waals surface area contributed by atoms with Crippen molar-refractivity contribution in [2.75, 3.05) is 33.2 Å². The summed E-state index contributed by atoms with van der Waals surface area (Å²) in [5, 5.41) is 0. The summed E-state index contributed by atoms with van der Waals surface area (Å²) in [5.41, 5.74) is 2.38. The number of hydrogen-bond acceptors (Lipinski definition) is 7. The molecule has 0 amide bonds. The smallest absolute Gasteiger partial charge is 0.311 e. The van der Waals surface area contributed by atoms with Crippen LogP contribution in [0.3, 0.4) is 0 Å². The van der Waals surface area contributed by atoms with Crippen molar-refractivity contribution in [2.45, 2.75) is 38.1 Å². The molecule has 0 aliphatic carbocycles. The summed E-state index contributed by atoms with van der Waals surface area (Å²) in [6.07, 6.45) is 0.441. The molecule has 1 aromatic rings. The molecule has 4 heterocycles. The topological polar surface area (TPSA) is 66.5 Å². The average Bonchev–Trinajstić information content (AvgIpc) is 3.35. The molecule has 1 aromatic carbocycles. The number of ether oxygens (including phenoxy) is 5. The molecule has 4 aliphatic heterocycles. The maximum absolute atomic E-state index is 12.8. The van der Waals surface area contributed by atoms with Gasteiger partial charge in [0.25, 0.3) is 0 Å². The summed E-state index contributed by atoms with van der Waals surface area (Å²) < 4.78 is 27.8. The SMILES string of the molecule is CCOC(=O)[C@H]1[C@H]2CN(Cc3cc4c(cc32)OCO4)[C@H]1CC1OCCO1. The van der Waals surface area contributed by atoms with Crippen LogP contribution in [0.4, 0.5) is 0 Å². The fraction of sp³-hybridized carbons (Fsp3) is 0.632. The van der Waals surface area contributed by atoms with Crippen LogP contribution in [0.2, 0.25) is 0 Å². The number of hydrogen-bond donors (Lipinski definition) is 0. The highest BCUT2D eigenvalue weighted by atomic mass is 16.7. The van der Waals surface area contributed by atoms with Crippen molar-refractivity contribution < 1.29 is 28.5 Å². The fourth-order valence-electron chi connectivity index (χ4n) is 4.77. The molecule has 4 atom stereocenters. The first-order chi connectivity index (χ1) is 12.7. The van der Waals surface area contributed by atoms with Crippen molar-refractivity contribution in [1.82, 2.24) is 4.90 Å². The molecule has 4 aliphatic rings. The van der Waals surface area contributed by atoms with E-state index in [0.29, 0.717) is 26.2 Å². The third-order valence-corrected chi connectivity index (χ3v) is 5.84. The van der Waals surface area contributed by atoms with E-state index in [2.05, 4.69) is 17.0 Å². The first-order valence-electron chi connectivity index (χ1n) is 9.31. The lowest BCUT2D eigenvalue weighted by atomic mass is 9.82. The summed E-state index contributed by atoms with van der Waals surface area (Å²) in [5.74, 6) is 1.31. The van der Waals surface area contributed by atoms with E-state index in [9.17, 15) is 4.79 Å². The Morgan fingerprint density at radius 1 is 1.23 bits per heavy atom. The summed E-state index contributed by atoms with van der Waals surface area (Å²) >= 11 is 0. The van der Waals surface area contributed by atoms with Crippen LogP contribution in [0, 0.1) is 5.92 Å². The zero-order valence-electron chi connectivity index (χ0n) is 14.8. The molecule has 26 heavy (non-hydrogen) atoms. The van der Waals surface area contributed by atoms with Crippen molar-refractivity contribution in [3.05, 3.63) is 23.3 Å². The molecule has 0 aromatic heterocycles. The molecular formula is C19H23NO6. The van der Waals surface area contributed by atoms with Crippen LogP contribution in [-0.4, -0.2) is 56.4 Å². The van der Waals surface area contributed by atoms with E-state index in [1.807, 2.05) is 6.92 Å². The third kappa shape index (κ3) is 2.57. The molecule has 7 heteroatoms. The number of fused-ring (bicyclic) bond motifs is 5. The van der Waals surface area contributed by atoms with Gasteiger partial charge >= 0.3 is 5.97 Å². The van der Waals surface area contributed by atoms with E-state index >= 15 is 0 Å². The van der Waals surface area contributed by atoms with Crippen LogP contribution >= 0.6 is 0 Å². The van der Waals surface area contributed by atoms with Gasteiger partial charge < -0.3 is 23.7 Å². The first kappa shape index (κ1) is 16.4. The van der Waals surface area contributed by atoms with Gasteiger partial charge in [-0.05, 0) is 30.2 Å². The highest BCUT2D eigenvalue weighted by Crippen LogP contribution is 2.49. The van der Waals surface area contributed by atoms with Crippen molar-refractivity contribution in [3.63, 3.8) is 0 Å². The van der Waals surface area contributed by atoms with E-state index < -0.39 is 0 Å². The van der Waals surface area contributed by atoms with E-state index in [1.165, 1.54) is 11.1 Å².